The first-order valence-corrected chi connectivity index (χ1v) is 16.3. The van der Waals surface area contributed by atoms with Crippen molar-refractivity contribution in [2.24, 2.45) is 0 Å². The number of rotatable bonds is 10. The maximum Gasteiger partial charge on any atom is 0.416 e. The van der Waals surface area contributed by atoms with Crippen LogP contribution in [0, 0.1) is 0 Å². The molecule has 0 aliphatic carbocycles. The number of aliphatic hydroxyl groups is 2. The Kier molecular flexibility index (Phi) is 9.72. The lowest BCUT2D eigenvalue weighted by molar-refractivity contribution is -0.138. The molecule has 4 aromatic rings. The molecule has 0 saturated carbocycles. The van der Waals surface area contributed by atoms with Gasteiger partial charge in [-0.05, 0) is 65.0 Å². The van der Waals surface area contributed by atoms with Gasteiger partial charge in [-0.25, -0.2) is 8.42 Å². The highest BCUT2D eigenvalue weighted by atomic mass is 35.5. The van der Waals surface area contributed by atoms with E-state index in [1.807, 2.05) is 0 Å². The van der Waals surface area contributed by atoms with Gasteiger partial charge in [0.25, 0.3) is 5.91 Å². The average molecular weight is 656 g/mol. The van der Waals surface area contributed by atoms with Crippen LogP contribution in [0.5, 0.6) is 0 Å². The van der Waals surface area contributed by atoms with Crippen LogP contribution in [0.2, 0.25) is 5.02 Å². The van der Waals surface area contributed by atoms with Crippen LogP contribution in [0.25, 0.3) is 10.9 Å². The van der Waals surface area contributed by atoms with E-state index in [9.17, 15) is 36.6 Å². The Bertz CT molecular complexity index is 1840. The Morgan fingerprint density at radius 1 is 1.00 bits per heavy atom. The highest BCUT2D eigenvalue weighted by Gasteiger charge is 2.39. The molecule has 0 saturated heterocycles. The molecule has 3 N–H and O–H groups in total. The number of halogens is 4. The molecule has 1 heterocycles. The van der Waals surface area contributed by atoms with Crippen LogP contribution in [0.3, 0.4) is 0 Å². The van der Waals surface area contributed by atoms with Crippen molar-refractivity contribution in [1.29, 1.82) is 0 Å². The molecule has 7 nitrogen and oxygen atoms in total. The number of sulfone groups is 1. The van der Waals surface area contributed by atoms with E-state index in [1.165, 1.54) is 43.3 Å². The molecule has 0 bridgehead atoms. The molecule has 1 atom stereocenters. The molecule has 0 unspecified atom stereocenters. The zero-order chi connectivity index (χ0) is 33.5. The first kappa shape index (κ1) is 34.7. The van der Waals surface area contributed by atoms with Crippen molar-refractivity contribution in [3.63, 3.8) is 0 Å². The maximum absolute atomic E-state index is 14.0. The van der Waals surface area contributed by atoms with Crippen LogP contribution in [0.4, 0.5) is 13.2 Å². The molecule has 0 fully saturated rings. The summed E-state index contributed by atoms with van der Waals surface area (Å²) in [5.41, 5.74) is 0.969. The van der Waals surface area contributed by atoms with E-state index >= 15 is 0 Å². The van der Waals surface area contributed by atoms with Crippen LogP contribution < -0.4 is 5.32 Å². The summed E-state index contributed by atoms with van der Waals surface area (Å²) in [6.45, 7) is 1.09. The smallest absolute Gasteiger partial charge is 0.407 e. The molecule has 0 spiro atoms. The Morgan fingerprint density at radius 3 is 2.20 bits per heavy atom. The number of nitrogens with one attached hydrogen (secondary N) is 1. The summed E-state index contributed by atoms with van der Waals surface area (Å²) in [6.07, 6.45) is -4.76. The number of amides is 1. The van der Waals surface area contributed by atoms with Gasteiger partial charge < -0.3 is 20.1 Å². The van der Waals surface area contributed by atoms with Crippen molar-refractivity contribution >= 4 is 69.6 Å². The number of carbonyl (C=O) groups excluding carboxylic acids is 1. The number of hydrogen-bond donors (Lipinski definition) is 3. The number of aromatic nitrogens is 1. The van der Waals surface area contributed by atoms with Gasteiger partial charge >= 0.3 is 6.18 Å². The normalized spacial score (nSPS) is 13.6. The minimum atomic E-state index is -4.64. The van der Waals surface area contributed by atoms with Crippen molar-refractivity contribution in [3.05, 3.63) is 99.7 Å². The topological polar surface area (TPSA) is 109 Å². The van der Waals surface area contributed by atoms with Gasteiger partial charge in [-0.15, -0.1) is 0 Å². The zero-order valence-electron chi connectivity index (χ0n) is 25.5. The minimum absolute atomic E-state index is 0.00371. The second-order valence-electron chi connectivity index (χ2n) is 12.0. The van der Waals surface area contributed by atoms with E-state index in [0.29, 0.717) is 22.2 Å². The summed E-state index contributed by atoms with van der Waals surface area (Å²) in [4.78, 5) is 13.5. The van der Waals surface area contributed by atoms with Crippen molar-refractivity contribution in [3.8, 4) is 0 Å². The number of aliphatic hydroxyl groups excluding tert-OH is 1. The number of fused-ring (bicyclic) bond motifs is 1. The van der Waals surface area contributed by atoms with Crippen molar-refractivity contribution in [2.75, 3.05) is 12.4 Å². The monoisotopic (exact) mass is 656 g/mol. The summed E-state index contributed by atoms with van der Waals surface area (Å²) in [5.74, 6) is -0.580. The van der Waals surface area contributed by atoms with Gasteiger partial charge in [0.05, 0.1) is 28.9 Å². The third kappa shape index (κ3) is 7.16. The fourth-order valence-corrected chi connectivity index (χ4v) is 6.25. The molecule has 0 radical (unpaired) electrons. The largest absolute Gasteiger partial charge is 0.416 e. The zero-order valence-corrected chi connectivity index (χ0v) is 27.1. The Hall–Kier alpha value is -3.12. The second kappa shape index (κ2) is 12.6. The number of alkyl halides is 3. The molecule has 1 aromatic heterocycles. The van der Waals surface area contributed by atoms with Crippen LogP contribution in [-0.2, 0) is 27.8 Å². The van der Waals surface area contributed by atoms with Gasteiger partial charge in [0.1, 0.15) is 31.4 Å². The number of hydrogen-bond acceptors (Lipinski definition) is 5. The predicted molar refractivity (Wildman–Crippen MR) is 180 cm³/mol. The summed E-state index contributed by atoms with van der Waals surface area (Å²) >= 11 is 5.90. The Labute approximate surface area is 268 Å². The minimum Gasteiger partial charge on any atom is -0.407 e. The van der Waals surface area contributed by atoms with Gasteiger partial charge in [-0.3, -0.25) is 4.79 Å². The molecule has 45 heavy (non-hydrogen) atoms. The molecule has 0 aliphatic heterocycles. The van der Waals surface area contributed by atoms with Crippen LogP contribution >= 0.6 is 11.6 Å². The third-order valence-corrected chi connectivity index (χ3v) is 10.4. The Morgan fingerprint density at radius 2 is 1.64 bits per heavy atom. The molecule has 0 aliphatic rings. The van der Waals surface area contributed by atoms with Crippen LogP contribution in [0.15, 0.2) is 71.6 Å². The van der Waals surface area contributed by atoms with Crippen molar-refractivity contribution < 1.29 is 36.6 Å². The van der Waals surface area contributed by atoms with Crippen LogP contribution in [0.1, 0.15) is 45.7 Å². The maximum atomic E-state index is 14.0. The standard InChI is InChI=1S/C29H32B4ClF3N2O5S/c1-2-45(43,44)22-8-4-16(5-9-22)24(15-40)38-26(41)18-6-10-25-19(11-18)13-21(39(25)28(30,31)29(32,33)42)12-17-3-7-20(34)14-23(17)27(35,36)37/h3-11,13-14,24,40,42H,2,12,15,30-33H2,1H3,(H,38,41)/t24-/m0/s1. The van der Waals surface area contributed by atoms with E-state index in [0.717, 1.165) is 6.07 Å². The fourth-order valence-electron chi connectivity index (χ4n) is 5.19. The molecular formula is C29H32B4ClF3N2O5S. The number of benzene rings is 3. The lowest BCUT2D eigenvalue weighted by Crippen LogP contribution is -2.58. The summed E-state index contributed by atoms with van der Waals surface area (Å²) in [5, 5.41) is 22.1. The molecular weight excluding hydrogens is 624 g/mol. The predicted octanol–water partition coefficient (Wildman–Crippen LogP) is 0.950. The first-order chi connectivity index (χ1) is 20.8. The van der Waals surface area contributed by atoms with E-state index in [1.54, 1.807) is 60.2 Å². The molecule has 16 heteroatoms. The Balaban J connectivity index is 1.74. The lowest BCUT2D eigenvalue weighted by Gasteiger charge is -2.42. The lowest BCUT2D eigenvalue weighted by atomic mass is 9.40. The third-order valence-electron chi connectivity index (χ3n) is 8.45. The summed E-state index contributed by atoms with van der Waals surface area (Å²) in [6, 6.07) is 15.2. The van der Waals surface area contributed by atoms with Crippen molar-refractivity contribution in [2.45, 2.75) is 41.2 Å². The van der Waals surface area contributed by atoms with Gasteiger partial charge in [0.15, 0.2) is 9.84 Å². The van der Waals surface area contributed by atoms with E-state index in [2.05, 4.69) is 5.32 Å². The SMILES string of the molecule is BC(B)(O)C(B)(B)n1c(Cc2ccc(Cl)cc2C(F)(F)F)cc2cc(C(=O)N[C@@H](CO)c3ccc(S(=O)(=O)CC)cc3)ccc21. The quantitative estimate of drug-likeness (QED) is 0.221. The summed E-state index contributed by atoms with van der Waals surface area (Å²) in [7, 11) is 3.39. The first-order valence-electron chi connectivity index (χ1n) is 14.3. The second-order valence-corrected chi connectivity index (χ2v) is 14.7. The van der Waals surface area contributed by atoms with E-state index < -0.39 is 50.9 Å². The summed E-state index contributed by atoms with van der Waals surface area (Å²) < 4.78 is 67.9. The van der Waals surface area contributed by atoms with E-state index in [-0.39, 0.29) is 33.2 Å². The fraction of sp³-hybridized carbons (Fsp3) is 0.276. The van der Waals surface area contributed by atoms with E-state index in [4.69, 9.17) is 11.6 Å². The molecule has 3 aromatic carbocycles. The highest BCUT2D eigenvalue weighted by molar-refractivity contribution is 7.91. The number of carbonyl (C=O) groups is 1. The van der Waals surface area contributed by atoms with Crippen LogP contribution in [-0.4, -0.2) is 78.2 Å². The molecule has 1 amide bonds. The van der Waals surface area contributed by atoms with Gasteiger partial charge in [0, 0.05) is 39.0 Å². The molecule has 4 rings (SSSR count). The molecule has 234 valence electrons. The van der Waals surface area contributed by atoms with Crippen molar-refractivity contribution in [1.82, 2.24) is 9.88 Å². The van der Waals surface area contributed by atoms with Gasteiger partial charge in [-0.1, -0.05) is 36.7 Å². The highest BCUT2D eigenvalue weighted by Crippen LogP contribution is 2.37. The average Bonchev–Trinajstić information content (AvgIpc) is 3.33. The number of nitrogens with zero attached hydrogens (tertiary/aromatic N) is 1. The van der Waals surface area contributed by atoms with Gasteiger partial charge in [-0.2, -0.15) is 13.2 Å². The van der Waals surface area contributed by atoms with Gasteiger partial charge in [0.2, 0.25) is 0 Å².